The second-order valence-electron chi connectivity index (χ2n) is 4.97. The molecule has 0 heterocycles. The summed E-state index contributed by atoms with van der Waals surface area (Å²) in [5, 5.41) is 9.13. The van der Waals surface area contributed by atoms with Gasteiger partial charge in [0.15, 0.2) is 0 Å². The minimum Gasteiger partial charge on any atom is -0.481 e. The van der Waals surface area contributed by atoms with Gasteiger partial charge in [0, 0.05) is 5.92 Å². The van der Waals surface area contributed by atoms with Crippen LogP contribution in [0.15, 0.2) is 18.2 Å². The Bertz CT molecular complexity index is 438. The highest BCUT2D eigenvalue weighted by Gasteiger charge is 2.39. The van der Waals surface area contributed by atoms with Crippen molar-refractivity contribution in [2.24, 2.45) is 11.8 Å². The summed E-state index contributed by atoms with van der Waals surface area (Å²) in [6.07, 6.45) is 2.02. The van der Waals surface area contributed by atoms with E-state index in [-0.39, 0.29) is 11.7 Å². The average Bonchev–Trinajstić information content (AvgIpc) is 3.08. The van der Waals surface area contributed by atoms with Crippen LogP contribution in [-0.4, -0.2) is 11.1 Å². The van der Waals surface area contributed by atoms with Gasteiger partial charge in [0.25, 0.3) is 0 Å². The zero-order valence-corrected chi connectivity index (χ0v) is 10.1. The normalized spacial score (nSPS) is 18.8. The largest absolute Gasteiger partial charge is 0.481 e. The molecule has 92 valence electrons. The summed E-state index contributed by atoms with van der Waals surface area (Å²) < 4.78 is 14.1. The van der Waals surface area contributed by atoms with E-state index in [0.29, 0.717) is 17.0 Å². The van der Waals surface area contributed by atoms with Gasteiger partial charge in [-0.25, -0.2) is 4.39 Å². The lowest BCUT2D eigenvalue weighted by atomic mass is 9.82. The molecule has 3 heteroatoms. The quantitative estimate of drug-likeness (QED) is 0.870. The zero-order chi connectivity index (χ0) is 12.6. The van der Waals surface area contributed by atoms with Crippen LogP contribution in [0, 0.1) is 24.6 Å². The third kappa shape index (κ3) is 2.33. The number of benzene rings is 1. The van der Waals surface area contributed by atoms with E-state index in [4.69, 9.17) is 5.11 Å². The van der Waals surface area contributed by atoms with Gasteiger partial charge in [-0.2, -0.15) is 0 Å². The fourth-order valence-corrected chi connectivity index (χ4v) is 2.47. The van der Waals surface area contributed by atoms with Crippen LogP contribution in [0.1, 0.15) is 36.8 Å². The van der Waals surface area contributed by atoms with Gasteiger partial charge in [0.1, 0.15) is 5.82 Å². The number of rotatable bonds is 4. The van der Waals surface area contributed by atoms with Crippen LogP contribution < -0.4 is 0 Å². The van der Waals surface area contributed by atoms with Gasteiger partial charge in [-0.15, -0.1) is 0 Å². The molecule has 0 saturated heterocycles. The molecule has 0 aliphatic heterocycles. The van der Waals surface area contributed by atoms with Crippen molar-refractivity contribution < 1.29 is 14.3 Å². The van der Waals surface area contributed by atoms with E-state index >= 15 is 0 Å². The molecule has 0 amide bonds. The van der Waals surface area contributed by atoms with Gasteiger partial charge in [-0.3, -0.25) is 4.79 Å². The predicted octanol–water partition coefficient (Wildman–Crippen LogP) is 3.35. The number of carbonyl (C=O) groups is 1. The molecule has 17 heavy (non-hydrogen) atoms. The van der Waals surface area contributed by atoms with Crippen LogP contribution in [0.2, 0.25) is 0 Å². The van der Waals surface area contributed by atoms with Crippen molar-refractivity contribution in [1.29, 1.82) is 0 Å². The van der Waals surface area contributed by atoms with E-state index in [2.05, 4.69) is 0 Å². The molecule has 0 radical (unpaired) electrons. The number of carboxylic acid groups (broad SMARTS) is 1. The second kappa shape index (κ2) is 4.47. The fourth-order valence-electron chi connectivity index (χ4n) is 2.47. The number of aryl methyl sites for hydroxylation is 1. The van der Waals surface area contributed by atoms with E-state index in [1.807, 2.05) is 0 Å². The summed E-state index contributed by atoms with van der Waals surface area (Å²) in [4.78, 5) is 11.1. The highest BCUT2D eigenvalue weighted by Crippen LogP contribution is 2.47. The fraction of sp³-hybridized carbons (Fsp3) is 0.500. The lowest BCUT2D eigenvalue weighted by Crippen LogP contribution is -2.21. The Morgan fingerprint density at radius 3 is 2.65 bits per heavy atom. The molecule has 2 rings (SSSR count). The van der Waals surface area contributed by atoms with Crippen molar-refractivity contribution >= 4 is 5.97 Å². The van der Waals surface area contributed by atoms with Crippen molar-refractivity contribution in [2.75, 3.05) is 0 Å². The topological polar surface area (TPSA) is 37.3 Å². The molecule has 1 aliphatic rings. The first-order valence-electron chi connectivity index (χ1n) is 6.00. The summed E-state index contributed by atoms with van der Waals surface area (Å²) in [5.74, 6) is -1.47. The molecule has 2 atom stereocenters. The van der Waals surface area contributed by atoms with Crippen LogP contribution >= 0.6 is 0 Å². The molecule has 0 spiro atoms. The average molecular weight is 236 g/mol. The molecule has 1 N–H and O–H groups in total. The van der Waals surface area contributed by atoms with Crippen LogP contribution in [0.3, 0.4) is 0 Å². The molecule has 1 aromatic carbocycles. The summed E-state index contributed by atoms with van der Waals surface area (Å²) >= 11 is 0. The molecule has 0 bridgehead atoms. The third-order valence-corrected chi connectivity index (χ3v) is 3.64. The van der Waals surface area contributed by atoms with Gasteiger partial charge in [0.2, 0.25) is 0 Å². The number of hydrogen-bond donors (Lipinski definition) is 1. The molecule has 0 unspecified atom stereocenters. The lowest BCUT2D eigenvalue weighted by Gasteiger charge is -2.22. The van der Waals surface area contributed by atoms with Crippen LogP contribution in [0.5, 0.6) is 0 Å². The van der Waals surface area contributed by atoms with Crippen LogP contribution in [0.4, 0.5) is 4.39 Å². The number of carboxylic acids is 1. The Kier molecular flexibility index (Phi) is 3.18. The number of halogens is 1. The number of aliphatic carboxylic acids is 1. The van der Waals surface area contributed by atoms with Crippen LogP contribution in [0.25, 0.3) is 0 Å². The van der Waals surface area contributed by atoms with E-state index in [1.54, 1.807) is 32.0 Å². The highest BCUT2D eigenvalue weighted by molar-refractivity contribution is 5.71. The Morgan fingerprint density at radius 1 is 1.47 bits per heavy atom. The van der Waals surface area contributed by atoms with Crippen molar-refractivity contribution in [2.45, 2.75) is 32.6 Å². The summed E-state index contributed by atoms with van der Waals surface area (Å²) in [7, 11) is 0. The Morgan fingerprint density at radius 2 is 2.12 bits per heavy atom. The molecule has 1 saturated carbocycles. The molecule has 0 aromatic heterocycles. The predicted molar refractivity (Wildman–Crippen MR) is 63.4 cm³/mol. The minimum atomic E-state index is -0.845. The smallest absolute Gasteiger partial charge is 0.306 e. The maximum atomic E-state index is 14.1. The molecule has 1 fully saturated rings. The number of hydrogen-bond acceptors (Lipinski definition) is 1. The Balaban J connectivity index is 2.39. The van der Waals surface area contributed by atoms with Gasteiger partial charge >= 0.3 is 5.97 Å². The van der Waals surface area contributed by atoms with Gasteiger partial charge in [0.05, 0.1) is 5.92 Å². The maximum absolute atomic E-state index is 14.1. The lowest BCUT2D eigenvalue weighted by molar-refractivity contribution is -0.142. The minimum absolute atomic E-state index is 0.188. The Labute approximate surface area is 100 Å². The summed E-state index contributed by atoms with van der Waals surface area (Å²) in [5.41, 5.74) is 1.16. The third-order valence-electron chi connectivity index (χ3n) is 3.64. The standard InChI is InChI=1S/C14H17FO2/c1-8-4-3-5-11(13(8)15)12(10-6-7-10)9(2)14(16)17/h3-5,9-10,12H,6-7H2,1-2H3,(H,16,17)/t9-,12-/m0/s1. The molecular formula is C14H17FO2. The van der Waals surface area contributed by atoms with Gasteiger partial charge < -0.3 is 5.11 Å². The SMILES string of the molecule is Cc1cccc([C@H](C2CC2)[C@H](C)C(=O)O)c1F. The van der Waals surface area contributed by atoms with Gasteiger partial charge in [-0.1, -0.05) is 25.1 Å². The zero-order valence-electron chi connectivity index (χ0n) is 10.1. The van der Waals surface area contributed by atoms with E-state index in [0.717, 1.165) is 12.8 Å². The van der Waals surface area contributed by atoms with E-state index in [1.165, 1.54) is 0 Å². The molecular weight excluding hydrogens is 219 g/mol. The van der Waals surface area contributed by atoms with Crippen molar-refractivity contribution in [3.05, 3.63) is 35.1 Å². The molecule has 1 aliphatic carbocycles. The molecule has 2 nitrogen and oxygen atoms in total. The van der Waals surface area contributed by atoms with Crippen molar-refractivity contribution in [3.63, 3.8) is 0 Å². The first-order chi connectivity index (χ1) is 8.02. The van der Waals surface area contributed by atoms with Crippen LogP contribution in [-0.2, 0) is 4.79 Å². The first kappa shape index (κ1) is 12.1. The Hall–Kier alpha value is -1.38. The van der Waals surface area contributed by atoms with E-state index < -0.39 is 11.9 Å². The van der Waals surface area contributed by atoms with Crippen molar-refractivity contribution in [3.8, 4) is 0 Å². The van der Waals surface area contributed by atoms with E-state index in [9.17, 15) is 9.18 Å². The summed E-state index contributed by atoms with van der Waals surface area (Å²) in [6, 6.07) is 5.25. The molecule has 1 aromatic rings. The first-order valence-corrected chi connectivity index (χ1v) is 6.00. The van der Waals surface area contributed by atoms with Gasteiger partial charge in [-0.05, 0) is 36.8 Å². The highest BCUT2D eigenvalue weighted by atomic mass is 19.1. The summed E-state index contributed by atoms with van der Waals surface area (Å²) in [6.45, 7) is 3.39. The van der Waals surface area contributed by atoms with Crippen molar-refractivity contribution in [1.82, 2.24) is 0 Å². The maximum Gasteiger partial charge on any atom is 0.306 e. The monoisotopic (exact) mass is 236 g/mol. The second-order valence-corrected chi connectivity index (χ2v) is 4.97.